The molecule has 0 saturated heterocycles. The zero-order chi connectivity index (χ0) is 56.0. The maximum atomic E-state index is 7.28. The summed E-state index contributed by atoms with van der Waals surface area (Å²) in [7, 11) is -18.5. The van der Waals surface area contributed by atoms with Crippen LogP contribution in [-0.2, 0) is 0 Å². The molecule has 0 bridgehead atoms. The summed E-state index contributed by atoms with van der Waals surface area (Å²) in [5.41, 5.74) is 6.50. The Balaban J connectivity index is 1.51. The van der Waals surface area contributed by atoms with E-state index in [-0.39, 0.29) is 46.0 Å². The molecule has 1 aliphatic heterocycles. The van der Waals surface area contributed by atoms with Crippen LogP contribution in [0.25, 0.3) is 48.6 Å². The van der Waals surface area contributed by atoms with Crippen molar-refractivity contribution in [3.63, 3.8) is 0 Å². The summed E-state index contributed by atoms with van der Waals surface area (Å²) in [6.07, 6.45) is 13.7. The molecule has 0 aromatic heterocycles. The second kappa shape index (κ2) is 25.2. The van der Waals surface area contributed by atoms with Gasteiger partial charge in [-0.05, 0) is 142 Å². The highest BCUT2D eigenvalue weighted by Gasteiger charge is 2.49. The smallest absolute Gasteiger partial charge is 0.413 e. The molecule has 9 rings (SSSR count). The van der Waals surface area contributed by atoms with E-state index in [0.29, 0.717) is 0 Å². The molecule has 80 heavy (non-hydrogen) atoms. The normalized spacial score (nSPS) is 14.2. The van der Waals surface area contributed by atoms with Crippen LogP contribution < -0.4 is 36.2 Å². The van der Waals surface area contributed by atoms with Crippen LogP contribution in [0.2, 0.25) is 0 Å². The van der Waals surface area contributed by atoms with E-state index in [2.05, 4.69) is 52.6 Å². The van der Waals surface area contributed by atoms with Gasteiger partial charge in [0.15, 0.2) is 0 Å². The minimum absolute atomic E-state index is 0.269. The molecule has 0 saturated carbocycles. The quantitative estimate of drug-likeness (QED) is 0.0548. The van der Waals surface area contributed by atoms with Gasteiger partial charge >= 0.3 is 30.6 Å². The molecule has 1 heterocycles. The number of nitrogens with zero attached hydrogens (tertiary/aromatic N) is 4. The SMILES string of the molecule is C=Cc1ccc(OP2(Oc3ccc(C=C)cc3)=NP(Oc3ccc(C=C)cc3)(Oc3ccc(C=C)cc3)=NP(Oc3ccc(C=C)cc3)(Oc3ccc(C=C)cc3)=NP(Oc3ccc(C=C)cc3)(Oc3ccc(C=C)cc3)=N2)cc1. The monoisotopic (exact) mass is 1130 g/mol. The number of benzene rings is 8. The van der Waals surface area contributed by atoms with Crippen molar-refractivity contribution in [2.75, 3.05) is 0 Å². The molecule has 0 radical (unpaired) electrons. The van der Waals surface area contributed by atoms with E-state index < -0.39 is 30.6 Å². The molecule has 16 heteroatoms. The molecule has 1 aliphatic rings. The van der Waals surface area contributed by atoms with E-state index in [1.807, 2.05) is 97.1 Å². The Morgan fingerprint density at radius 2 is 0.287 bits per heavy atom. The first-order chi connectivity index (χ1) is 38.9. The first kappa shape index (κ1) is 55.7. The zero-order valence-electron chi connectivity index (χ0n) is 43.6. The molecule has 0 N–H and O–H groups in total. The average Bonchev–Trinajstić information content (AvgIpc) is 3.49. The van der Waals surface area contributed by atoms with E-state index in [9.17, 15) is 0 Å². The molecule has 0 fully saturated rings. The van der Waals surface area contributed by atoms with Crippen LogP contribution >= 0.6 is 30.6 Å². The summed E-state index contributed by atoms with van der Waals surface area (Å²) in [6, 6.07) is 57.3. The molecule has 0 atom stereocenters. The Labute approximate surface area is 468 Å². The van der Waals surface area contributed by atoms with Crippen LogP contribution in [-0.4, -0.2) is 0 Å². The van der Waals surface area contributed by atoms with Gasteiger partial charge in [0.25, 0.3) is 0 Å². The van der Waals surface area contributed by atoms with Gasteiger partial charge in [0, 0.05) is 0 Å². The van der Waals surface area contributed by atoms with Gasteiger partial charge in [-0.2, -0.15) is 0 Å². The van der Waals surface area contributed by atoms with Crippen molar-refractivity contribution in [3.05, 3.63) is 291 Å². The molecule has 0 spiro atoms. The Morgan fingerprint density at radius 1 is 0.188 bits per heavy atom. The van der Waals surface area contributed by atoms with Crippen LogP contribution in [0.15, 0.2) is 265 Å². The fourth-order valence-corrected chi connectivity index (χ4v) is 19.5. The molecule has 0 amide bonds. The summed E-state index contributed by atoms with van der Waals surface area (Å²) in [5, 5.41) is 0. The van der Waals surface area contributed by atoms with Gasteiger partial charge < -0.3 is 36.2 Å². The third-order valence-electron chi connectivity index (χ3n) is 11.6. The van der Waals surface area contributed by atoms with Crippen molar-refractivity contribution in [1.82, 2.24) is 0 Å². The minimum Gasteiger partial charge on any atom is -0.413 e. The van der Waals surface area contributed by atoms with E-state index in [0.717, 1.165) is 44.5 Å². The van der Waals surface area contributed by atoms with Gasteiger partial charge in [-0.25, -0.2) is 0 Å². The molecule has 12 nitrogen and oxygen atoms in total. The van der Waals surface area contributed by atoms with Gasteiger partial charge in [0.05, 0.1) is 0 Å². The van der Waals surface area contributed by atoms with Crippen molar-refractivity contribution < 1.29 is 36.2 Å². The van der Waals surface area contributed by atoms with Gasteiger partial charge in [0.2, 0.25) is 0 Å². The average molecular weight is 1130 g/mol. The molecule has 0 unspecified atom stereocenters. The van der Waals surface area contributed by atoms with Crippen LogP contribution in [0, 0.1) is 0 Å². The lowest BCUT2D eigenvalue weighted by atomic mass is 10.2. The molecule has 8 aromatic carbocycles. The topological polar surface area (TPSA) is 123 Å². The second-order valence-electron chi connectivity index (χ2n) is 17.2. The Kier molecular flexibility index (Phi) is 17.6. The van der Waals surface area contributed by atoms with Gasteiger partial charge in [-0.3, -0.25) is 0 Å². The van der Waals surface area contributed by atoms with Crippen molar-refractivity contribution in [2.45, 2.75) is 0 Å². The maximum absolute atomic E-state index is 7.28. The zero-order valence-corrected chi connectivity index (χ0v) is 47.2. The van der Waals surface area contributed by atoms with Crippen molar-refractivity contribution in [2.24, 2.45) is 18.1 Å². The maximum Gasteiger partial charge on any atom is 0.460 e. The lowest BCUT2D eigenvalue weighted by Gasteiger charge is -2.33. The van der Waals surface area contributed by atoms with Gasteiger partial charge in [-0.1, -0.05) is 216 Å². The third-order valence-corrected chi connectivity index (χ3v) is 22.4. The second-order valence-corrected chi connectivity index (χ2v) is 25.5. The summed E-state index contributed by atoms with van der Waals surface area (Å²) < 4.78 is 80.9. The van der Waals surface area contributed by atoms with E-state index in [4.69, 9.17) is 54.3 Å². The van der Waals surface area contributed by atoms with Crippen molar-refractivity contribution in [1.29, 1.82) is 0 Å². The molecule has 0 aliphatic carbocycles. The predicted molar refractivity (Wildman–Crippen MR) is 335 cm³/mol. The van der Waals surface area contributed by atoms with E-state index in [1.54, 1.807) is 146 Å². The number of rotatable bonds is 24. The molecular weight excluding hydrogens is 1080 g/mol. The lowest BCUT2D eigenvalue weighted by molar-refractivity contribution is 0.444. The van der Waals surface area contributed by atoms with Gasteiger partial charge in [-0.15, -0.1) is 0 Å². The summed E-state index contributed by atoms with van der Waals surface area (Å²) in [5.74, 6) is 2.15. The van der Waals surface area contributed by atoms with E-state index in [1.165, 1.54) is 0 Å². The predicted octanol–water partition coefficient (Wildman–Crippen LogP) is 21.6. The Hall–Kier alpha value is -9.00. The first-order valence-corrected chi connectivity index (χ1v) is 31.0. The van der Waals surface area contributed by atoms with Crippen LogP contribution in [0.1, 0.15) is 44.5 Å². The summed E-state index contributed by atoms with van der Waals surface area (Å²) in [4.78, 5) is 0. The Bertz CT molecular complexity index is 3070. The largest absolute Gasteiger partial charge is 0.460 e. The van der Waals surface area contributed by atoms with Crippen LogP contribution in [0.3, 0.4) is 0 Å². The first-order valence-electron chi connectivity index (χ1n) is 24.8. The third kappa shape index (κ3) is 14.0. The molecule has 8 aromatic rings. The van der Waals surface area contributed by atoms with Gasteiger partial charge in [0.1, 0.15) is 46.0 Å². The van der Waals surface area contributed by atoms with Crippen molar-refractivity contribution in [3.8, 4) is 46.0 Å². The van der Waals surface area contributed by atoms with Crippen LogP contribution in [0.4, 0.5) is 0 Å². The molecule has 400 valence electrons. The highest BCUT2D eigenvalue weighted by atomic mass is 31.3. The highest BCUT2D eigenvalue weighted by Crippen LogP contribution is 2.79. The van der Waals surface area contributed by atoms with Crippen LogP contribution in [0.5, 0.6) is 46.0 Å². The number of hydrogen-bond acceptors (Lipinski definition) is 12. The lowest BCUT2D eigenvalue weighted by Crippen LogP contribution is -2.11. The summed E-state index contributed by atoms with van der Waals surface area (Å²) >= 11 is 0. The Morgan fingerprint density at radius 3 is 0.375 bits per heavy atom. The fourth-order valence-electron chi connectivity index (χ4n) is 7.43. The minimum atomic E-state index is -4.62. The fraction of sp³-hybridized carbons (Fsp3) is 0. The van der Waals surface area contributed by atoms with Crippen molar-refractivity contribution >= 4 is 79.2 Å². The summed E-state index contributed by atoms with van der Waals surface area (Å²) in [6.45, 7) is 31.8. The number of hydrogen-bond donors (Lipinski definition) is 0. The van der Waals surface area contributed by atoms with E-state index >= 15 is 0 Å². The molecular formula is C64H56N4O8P4. The standard InChI is InChI=1S/C64H56N4O8P4/c1-9-49-17-33-57(34-18-49)69-77(70-58-35-19-50(10-2)20-36-58)65-78(71-59-37-21-51(11-3)22-38-59,72-60-39-23-52(12-4)24-40-60)67-80(75-63-45-29-55(15-7)30-46-63,76-64-47-31-56(16-8)32-48-64)68-79(66-77,73-61-41-25-53(13-5)26-42-61)74-62-43-27-54(14-6)28-44-62/h9-48H,1-8H2. The highest BCUT2D eigenvalue weighted by molar-refractivity contribution is 7.79.